The van der Waals surface area contributed by atoms with Gasteiger partial charge in [0.05, 0.1) is 0 Å². The Hall–Kier alpha value is -0.960. The van der Waals surface area contributed by atoms with E-state index in [1.165, 1.54) is 0 Å². The quantitative estimate of drug-likeness (QED) is 0.767. The Labute approximate surface area is 97.3 Å². The Morgan fingerprint density at radius 2 is 2.19 bits per heavy atom. The van der Waals surface area contributed by atoms with E-state index in [1.807, 2.05) is 0 Å². The molecule has 3 heteroatoms. The van der Waals surface area contributed by atoms with Gasteiger partial charge in [-0.05, 0) is 24.8 Å². The first-order chi connectivity index (χ1) is 7.55. The van der Waals surface area contributed by atoms with Crippen LogP contribution >= 0.6 is 0 Å². The number of ether oxygens (including phenoxy) is 1. The third kappa shape index (κ3) is 2.79. The fourth-order valence-corrected chi connectivity index (χ4v) is 1.96. The highest BCUT2D eigenvalue weighted by molar-refractivity contribution is 5.16. The van der Waals surface area contributed by atoms with Gasteiger partial charge in [-0.3, -0.25) is 0 Å². The molecule has 3 nitrogen and oxygen atoms in total. The summed E-state index contributed by atoms with van der Waals surface area (Å²) in [6.07, 6.45) is 3.87. The van der Waals surface area contributed by atoms with Gasteiger partial charge in [-0.1, -0.05) is 20.8 Å². The lowest BCUT2D eigenvalue weighted by atomic mass is 9.90. The molecule has 0 aliphatic carbocycles. The van der Waals surface area contributed by atoms with Crippen LogP contribution in [0.5, 0.6) is 0 Å². The van der Waals surface area contributed by atoms with Crippen molar-refractivity contribution in [1.29, 1.82) is 0 Å². The lowest BCUT2D eigenvalue weighted by Crippen LogP contribution is -2.15. The summed E-state index contributed by atoms with van der Waals surface area (Å²) in [5, 5.41) is 0. The second-order valence-electron chi connectivity index (χ2n) is 5.58. The average Bonchev–Trinajstić information content (AvgIpc) is 2.70. The summed E-state index contributed by atoms with van der Waals surface area (Å²) in [7, 11) is 0. The van der Waals surface area contributed by atoms with Crippen molar-refractivity contribution in [3.63, 3.8) is 0 Å². The first kappa shape index (κ1) is 11.5. The van der Waals surface area contributed by atoms with E-state index in [9.17, 15) is 0 Å². The van der Waals surface area contributed by atoms with Gasteiger partial charge in [0.15, 0.2) is 0 Å². The second-order valence-corrected chi connectivity index (χ2v) is 5.58. The van der Waals surface area contributed by atoms with Crippen LogP contribution in [0, 0.1) is 5.92 Å². The third-order valence-electron chi connectivity index (χ3n) is 3.01. The van der Waals surface area contributed by atoms with Crippen LogP contribution in [0.2, 0.25) is 0 Å². The van der Waals surface area contributed by atoms with Crippen molar-refractivity contribution in [3.05, 3.63) is 23.8 Å². The zero-order valence-corrected chi connectivity index (χ0v) is 10.4. The molecular weight excluding hydrogens is 200 g/mol. The first-order valence-electron chi connectivity index (χ1n) is 5.95. The van der Waals surface area contributed by atoms with Crippen LogP contribution < -0.4 is 0 Å². The predicted molar refractivity (Wildman–Crippen MR) is 63.4 cm³/mol. The van der Waals surface area contributed by atoms with Gasteiger partial charge in [0.25, 0.3) is 0 Å². The molecule has 0 radical (unpaired) electrons. The summed E-state index contributed by atoms with van der Waals surface area (Å²) in [5.74, 6) is 0.641. The van der Waals surface area contributed by atoms with Crippen molar-refractivity contribution < 1.29 is 4.74 Å². The molecule has 0 unspecified atom stereocenters. The van der Waals surface area contributed by atoms with E-state index < -0.39 is 0 Å². The lowest BCUT2D eigenvalue weighted by Gasteiger charge is -2.18. The van der Waals surface area contributed by atoms with E-state index in [-0.39, 0.29) is 5.41 Å². The van der Waals surface area contributed by atoms with Crippen molar-refractivity contribution >= 4 is 0 Å². The van der Waals surface area contributed by atoms with Crippen LogP contribution in [-0.2, 0) is 16.6 Å². The molecule has 0 saturated carbocycles. The minimum atomic E-state index is 0.101. The maximum absolute atomic E-state index is 5.38. The highest BCUT2D eigenvalue weighted by Crippen LogP contribution is 2.22. The number of aromatic nitrogens is 2. The normalized spacial score (nSPS) is 21.3. The second kappa shape index (κ2) is 4.50. The van der Waals surface area contributed by atoms with E-state index in [2.05, 4.69) is 36.8 Å². The molecule has 2 rings (SSSR count). The molecule has 0 bridgehead atoms. The summed E-state index contributed by atoms with van der Waals surface area (Å²) < 4.78 is 5.38. The summed E-state index contributed by atoms with van der Waals surface area (Å²) in [5.41, 5.74) is 2.37. The minimum absolute atomic E-state index is 0.101. The molecule has 1 atom stereocenters. The van der Waals surface area contributed by atoms with Gasteiger partial charge in [0, 0.05) is 30.0 Å². The van der Waals surface area contributed by atoms with Gasteiger partial charge in [-0.2, -0.15) is 0 Å². The summed E-state index contributed by atoms with van der Waals surface area (Å²) in [4.78, 5) is 8.69. The summed E-state index contributed by atoms with van der Waals surface area (Å²) in [6, 6.07) is 2.14. The molecule has 0 N–H and O–H groups in total. The number of nitrogens with zero attached hydrogens (tertiary/aromatic N) is 2. The number of hydrogen-bond donors (Lipinski definition) is 0. The Balaban J connectivity index is 2.09. The molecule has 0 aromatic carbocycles. The molecular formula is C13H20N2O. The molecule has 16 heavy (non-hydrogen) atoms. The van der Waals surface area contributed by atoms with Crippen LogP contribution in [-0.4, -0.2) is 23.2 Å². The van der Waals surface area contributed by atoms with Crippen LogP contribution in [0.15, 0.2) is 12.4 Å². The molecule has 88 valence electrons. The van der Waals surface area contributed by atoms with E-state index in [0.717, 1.165) is 37.4 Å². The van der Waals surface area contributed by atoms with Crippen molar-refractivity contribution in [2.75, 3.05) is 13.2 Å². The van der Waals surface area contributed by atoms with Crippen molar-refractivity contribution in [2.45, 2.75) is 39.0 Å². The first-order valence-corrected chi connectivity index (χ1v) is 5.95. The van der Waals surface area contributed by atoms with E-state index in [4.69, 9.17) is 4.74 Å². The van der Waals surface area contributed by atoms with Gasteiger partial charge in [0.2, 0.25) is 0 Å². The van der Waals surface area contributed by atoms with Gasteiger partial charge >= 0.3 is 0 Å². The maximum Gasteiger partial charge on any atom is 0.115 e. The van der Waals surface area contributed by atoms with Crippen LogP contribution in [0.3, 0.4) is 0 Å². The molecule has 0 amide bonds. The summed E-state index contributed by atoms with van der Waals surface area (Å²) >= 11 is 0. The number of rotatable bonds is 2. The zero-order valence-electron chi connectivity index (χ0n) is 10.4. The Kier molecular flexibility index (Phi) is 3.24. The molecule has 1 aliphatic heterocycles. The van der Waals surface area contributed by atoms with Crippen molar-refractivity contribution in [1.82, 2.24) is 9.97 Å². The Morgan fingerprint density at radius 3 is 2.81 bits per heavy atom. The monoisotopic (exact) mass is 220 g/mol. The van der Waals surface area contributed by atoms with E-state index >= 15 is 0 Å². The van der Waals surface area contributed by atoms with Crippen LogP contribution in [0.25, 0.3) is 0 Å². The van der Waals surface area contributed by atoms with Crippen molar-refractivity contribution in [3.8, 4) is 0 Å². The standard InChI is InChI=1S/C13H20N2O/c1-13(2,3)12-7-11(14-9-15-12)6-10-4-5-16-8-10/h7,9-10H,4-6,8H2,1-3H3/t10-/m1/s1. The highest BCUT2D eigenvalue weighted by Gasteiger charge is 2.19. The minimum Gasteiger partial charge on any atom is -0.381 e. The van der Waals surface area contributed by atoms with Crippen LogP contribution in [0.1, 0.15) is 38.6 Å². The largest absolute Gasteiger partial charge is 0.381 e. The molecule has 1 saturated heterocycles. The highest BCUT2D eigenvalue weighted by atomic mass is 16.5. The van der Waals surface area contributed by atoms with Gasteiger partial charge < -0.3 is 4.74 Å². The molecule has 1 aromatic heterocycles. The third-order valence-corrected chi connectivity index (χ3v) is 3.01. The van der Waals surface area contributed by atoms with Crippen molar-refractivity contribution in [2.24, 2.45) is 5.92 Å². The Bertz CT molecular complexity index is 351. The van der Waals surface area contributed by atoms with E-state index in [1.54, 1.807) is 6.33 Å². The lowest BCUT2D eigenvalue weighted by molar-refractivity contribution is 0.185. The van der Waals surface area contributed by atoms with Gasteiger partial charge in [-0.25, -0.2) is 9.97 Å². The zero-order chi connectivity index (χ0) is 11.6. The molecule has 1 fully saturated rings. The predicted octanol–water partition coefficient (Wildman–Crippen LogP) is 2.35. The molecule has 1 aromatic rings. The average molecular weight is 220 g/mol. The smallest absolute Gasteiger partial charge is 0.115 e. The van der Waals surface area contributed by atoms with Gasteiger partial charge in [-0.15, -0.1) is 0 Å². The number of hydrogen-bond acceptors (Lipinski definition) is 3. The fraction of sp³-hybridized carbons (Fsp3) is 0.692. The maximum atomic E-state index is 5.38. The molecule has 1 aliphatic rings. The Morgan fingerprint density at radius 1 is 1.38 bits per heavy atom. The topological polar surface area (TPSA) is 35.0 Å². The molecule has 2 heterocycles. The molecule has 0 spiro atoms. The van der Waals surface area contributed by atoms with Crippen LogP contribution in [0.4, 0.5) is 0 Å². The van der Waals surface area contributed by atoms with Gasteiger partial charge in [0.1, 0.15) is 6.33 Å². The fourth-order valence-electron chi connectivity index (χ4n) is 1.96. The van der Waals surface area contributed by atoms with E-state index in [0.29, 0.717) is 5.92 Å². The summed E-state index contributed by atoms with van der Waals surface area (Å²) in [6.45, 7) is 8.32. The SMILES string of the molecule is CC(C)(C)c1cc(C[C@H]2CCOC2)ncn1.